The van der Waals surface area contributed by atoms with Crippen molar-refractivity contribution in [3.63, 3.8) is 0 Å². The Bertz CT molecular complexity index is 441. The maximum absolute atomic E-state index is 11.8. The zero-order valence-electron chi connectivity index (χ0n) is 17.3. The first-order valence-electron chi connectivity index (χ1n) is 9.57. The summed E-state index contributed by atoms with van der Waals surface area (Å²) in [6, 6.07) is 0. The minimum atomic E-state index is -1.07. The predicted octanol–water partition coefficient (Wildman–Crippen LogP) is -0.365. The summed E-state index contributed by atoms with van der Waals surface area (Å²) in [6.45, 7) is 8.32. The van der Waals surface area contributed by atoms with Crippen LogP contribution in [0.1, 0.15) is 27.7 Å². The van der Waals surface area contributed by atoms with E-state index >= 15 is 0 Å². The maximum atomic E-state index is 11.8. The van der Waals surface area contributed by atoms with Gasteiger partial charge in [-0.15, -0.1) is 0 Å². The Labute approximate surface area is 166 Å². The van der Waals surface area contributed by atoms with Gasteiger partial charge in [-0.3, -0.25) is 24.2 Å². The first-order chi connectivity index (χ1) is 13.4. The van der Waals surface area contributed by atoms with Gasteiger partial charge in [0.25, 0.3) is 0 Å². The predicted molar refractivity (Wildman–Crippen MR) is 100 cm³/mol. The van der Waals surface area contributed by atoms with Crippen LogP contribution in [-0.2, 0) is 33.3 Å². The number of carbonyl (C=O) groups is 3. The number of ether oxygens (including phenoxy) is 4. The van der Waals surface area contributed by atoms with Gasteiger partial charge in [-0.1, -0.05) is 0 Å². The van der Waals surface area contributed by atoms with Crippen LogP contribution in [0.5, 0.6) is 0 Å². The van der Waals surface area contributed by atoms with Crippen molar-refractivity contribution in [1.29, 1.82) is 0 Å². The van der Waals surface area contributed by atoms with Crippen molar-refractivity contribution >= 4 is 17.9 Å². The van der Waals surface area contributed by atoms with Crippen LogP contribution in [0.4, 0.5) is 0 Å². The smallest absolute Gasteiger partial charge is 0.320 e. The van der Waals surface area contributed by atoms with Crippen molar-refractivity contribution in [3.05, 3.63) is 0 Å². The molecule has 0 bridgehead atoms. The van der Waals surface area contributed by atoms with E-state index < -0.39 is 24.2 Å². The van der Waals surface area contributed by atoms with Crippen LogP contribution in [0.15, 0.2) is 0 Å². The van der Waals surface area contributed by atoms with Gasteiger partial charge in [0.2, 0.25) is 0 Å². The molecule has 0 rings (SSSR count). The molecule has 0 heterocycles. The number of nitrogens with zero attached hydrogens (tertiary/aromatic N) is 2. The van der Waals surface area contributed by atoms with E-state index in [4.69, 9.17) is 18.9 Å². The van der Waals surface area contributed by atoms with E-state index in [1.54, 1.807) is 37.5 Å². The molecule has 164 valence electrons. The quantitative estimate of drug-likeness (QED) is 0.207. The molecule has 0 aromatic carbocycles. The van der Waals surface area contributed by atoms with Gasteiger partial charge in [-0.25, -0.2) is 0 Å². The molecule has 0 saturated carbocycles. The number of hydrogen-bond donors (Lipinski definition) is 1. The van der Waals surface area contributed by atoms with Crippen LogP contribution in [0.25, 0.3) is 0 Å². The molecule has 0 aliphatic rings. The lowest BCUT2D eigenvalue weighted by atomic mass is 10.3. The molecule has 28 heavy (non-hydrogen) atoms. The van der Waals surface area contributed by atoms with Crippen LogP contribution in [0.3, 0.4) is 0 Å². The summed E-state index contributed by atoms with van der Waals surface area (Å²) in [6.07, 6.45) is -1.07. The van der Waals surface area contributed by atoms with E-state index in [0.717, 1.165) is 0 Å². The van der Waals surface area contributed by atoms with Gasteiger partial charge in [0.05, 0.1) is 39.5 Å². The summed E-state index contributed by atoms with van der Waals surface area (Å²) in [5.74, 6) is -1.36. The second kappa shape index (κ2) is 16.2. The summed E-state index contributed by atoms with van der Waals surface area (Å²) < 4.78 is 19.9. The molecule has 0 radical (unpaired) electrons. The number of aliphatic hydroxyl groups excluding tert-OH is 1. The van der Waals surface area contributed by atoms with Gasteiger partial charge in [0.1, 0.15) is 0 Å². The van der Waals surface area contributed by atoms with E-state index in [0.29, 0.717) is 13.2 Å². The standard InChI is InChI=1S/C18H34N2O8/c1-5-25-15(21)11-19(12-16(22)26-6-2)9-10-20(13-17(23)27-7-3)14-18(24)28-8-4/h15,21H,5-14H2,1-4H3. The minimum absolute atomic E-state index is 0.0510. The molecular weight excluding hydrogens is 372 g/mol. The summed E-state index contributed by atoms with van der Waals surface area (Å²) >= 11 is 0. The van der Waals surface area contributed by atoms with Crippen molar-refractivity contribution in [2.24, 2.45) is 0 Å². The molecule has 0 aromatic rings. The van der Waals surface area contributed by atoms with Gasteiger partial charge in [-0.05, 0) is 27.7 Å². The number of carbonyl (C=O) groups excluding carboxylic acids is 3. The van der Waals surface area contributed by atoms with Crippen molar-refractivity contribution in [2.75, 3.05) is 65.7 Å². The van der Waals surface area contributed by atoms with E-state index in [1.807, 2.05) is 0 Å². The molecule has 0 aliphatic heterocycles. The normalized spacial score (nSPS) is 12.1. The molecule has 0 saturated heterocycles. The summed E-state index contributed by atoms with van der Waals surface area (Å²) in [5.41, 5.74) is 0. The third-order valence-electron chi connectivity index (χ3n) is 3.48. The minimum Gasteiger partial charge on any atom is -0.465 e. The fourth-order valence-corrected chi connectivity index (χ4v) is 2.37. The highest BCUT2D eigenvalue weighted by Crippen LogP contribution is 2.00. The first-order valence-corrected chi connectivity index (χ1v) is 9.57. The highest BCUT2D eigenvalue weighted by molar-refractivity contribution is 5.75. The lowest BCUT2D eigenvalue weighted by Crippen LogP contribution is -2.45. The Morgan fingerprint density at radius 2 is 1.11 bits per heavy atom. The molecule has 1 N–H and O–H groups in total. The number of esters is 3. The van der Waals surface area contributed by atoms with E-state index in [9.17, 15) is 19.5 Å². The zero-order chi connectivity index (χ0) is 21.4. The van der Waals surface area contributed by atoms with Crippen LogP contribution in [0, 0.1) is 0 Å². The molecule has 1 unspecified atom stereocenters. The Morgan fingerprint density at radius 1 is 0.714 bits per heavy atom. The average molecular weight is 406 g/mol. The van der Waals surface area contributed by atoms with Gasteiger partial charge in [-0.2, -0.15) is 0 Å². The van der Waals surface area contributed by atoms with Crippen LogP contribution < -0.4 is 0 Å². The number of hydrogen-bond acceptors (Lipinski definition) is 10. The molecule has 10 heteroatoms. The lowest BCUT2D eigenvalue weighted by molar-refractivity contribution is -0.151. The fourth-order valence-electron chi connectivity index (χ4n) is 2.37. The van der Waals surface area contributed by atoms with Gasteiger partial charge in [0, 0.05) is 26.2 Å². The average Bonchev–Trinajstić information content (AvgIpc) is 2.60. The maximum Gasteiger partial charge on any atom is 0.320 e. The molecule has 0 aromatic heterocycles. The molecule has 0 fully saturated rings. The molecule has 0 spiro atoms. The van der Waals surface area contributed by atoms with E-state index in [-0.39, 0.29) is 52.5 Å². The zero-order valence-corrected chi connectivity index (χ0v) is 17.3. The first kappa shape index (κ1) is 26.2. The Morgan fingerprint density at radius 3 is 1.50 bits per heavy atom. The monoisotopic (exact) mass is 406 g/mol. The summed E-state index contributed by atoms with van der Waals surface area (Å²) in [7, 11) is 0. The lowest BCUT2D eigenvalue weighted by Gasteiger charge is -2.27. The SMILES string of the molecule is CCOC(=O)CN(CCN(CC(=O)OCC)CC(O)OCC)CC(=O)OCC. The summed E-state index contributed by atoms with van der Waals surface area (Å²) in [4.78, 5) is 38.6. The summed E-state index contributed by atoms with van der Waals surface area (Å²) in [5, 5.41) is 9.88. The molecule has 0 aliphatic carbocycles. The fraction of sp³-hybridized carbons (Fsp3) is 0.833. The Hall–Kier alpha value is -1.75. The third-order valence-corrected chi connectivity index (χ3v) is 3.48. The topological polar surface area (TPSA) is 115 Å². The van der Waals surface area contributed by atoms with Gasteiger partial charge >= 0.3 is 17.9 Å². The van der Waals surface area contributed by atoms with Gasteiger partial charge in [0.15, 0.2) is 6.29 Å². The van der Waals surface area contributed by atoms with E-state index in [2.05, 4.69) is 0 Å². The molecular formula is C18H34N2O8. The molecule has 1 atom stereocenters. The molecule has 10 nitrogen and oxygen atoms in total. The largest absolute Gasteiger partial charge is 0.465 e. The van der Waals surface area contributed by atoms with Gasteiger partial charge < -0.3 is 24.1 Å². The highest BCUT2D eigenvalue weighted by atomic mass is 16.6. The highest BCUT2D eigenvalue weighted by Gasteiger charge is 2.20. The second-order valence-corrected chi connectivity index (χ2v) is 5.77. The number of rotatable bonds is 16. The van der Waals surface area contributed by atoms with Crippen molar-refractivity contribution in [1.82, 2.24) is 9.80 Å². The molecule has 0 amide bonds. The van der Waals surface area contributed by atoms with Crippen molar-refractivity contribution < 1.29 is 38.4 Å². The van der Waals surface area contributed by atoms with Crippen LogP contribution >= 0.6 is 0 Å². The Balaban J connectivity index is 4.93. The van der Waals surface area contributed by atoms with Crippen LogP contribution in [0.2, 0.25) is 0 Å². The van der Waals surface area contributed by atoms with Crippen LogP contribution in [-0.4, -0.2) is 105 Å². The number of aliphatic hydroxyl groups is 1. The second-order valence-electron chi connectivity index (χ2n) is 5.77. The van der Waals surface area contributed by atoms with Crippen molar-refractivity contribution in [2.45, 2.75) is 34.0 Å². The van der Waals surface area contributed by atoms with E-state index in [1.165, 1.54) is 0 Å². The van der Waals surface area contributed by atoms with Crippen molar-refractivity contribution in [3.8, 4) is 0 Å². The third kappa shape index (κ3) is 13.4. The Kier molecular flexibility index (Phi) is 15.2.